The van der Waals surface area contributed by atoms with Crippen LogP contribution < -0.4 is 0 Å². The van der Waals surface area contributed by atoms with Gasteiger partial charge in [0.25, 0.3) is 0 Å². The van der Waals surface area contributed by atoms with E-state index in [9.17, 15) is 9.90 Å². The van der Waals surface area contributed by atoms with Crippen molar-refractivity contribution in [2.24, 2.45) is 0 Å². The second-order valence-corrected chi connectivity index (χ2v) is 4.64. The summed E-state index contributed by atoms with van der Waals surface area (Å²) in [7, 11) is 0. The predicted octanol–water partition coefficient (Wildman–Crippen LogP) is 3.28. The van der Waals surface area contributed by atoms with Crippen molar-refractivity contribution in [1.82, 2.24) is 9.55 Å². The van der Waals surface area contributed by atoms with E-state index in [2.05, 4.69) is 4.98 Å². The van der Waals surface area contributed by atoms with Crippen LogP contribution in [0.1, 0.15) is 11.3 Å². The van der Waals surface area contributed by atoms with Gasteiger partial charge in [0.2, 0.25) is 0 Å². The molecule has 21 heavy (non-hydrogen) atoms. The number of rotatable bonds is 4. The molecule has 0 aliphatic heterocycles. The molecule has 3 aromatic rings. The molecule has 5 nitrogen and oxygen atoms in total. The molecule has 0 radical (unpaired) electrons. The van der Waals surface area contributed by atoms with Gasteiger partial charge in [0.15, 0.2) is 0 Å². The van der Waals surface area contributed by atoms with Crippen LogP contribution in [0.2, 0.25) is 0 Å². The Morgan fingerprint density at radius 3 is 2.71 bits per heavy atom. The van der Waals surface area contributed by atoms with E-state index in [4.69, 9.17) is 4.74 Å². The Balaban J connectivity index is 1.80. The molecule has 3 rings (SSSR count). The number of nitrogens with zero attached hydrogens (tertiary/aromatic N) is 2. The van der Waals surface area contributed by atoms with Crippen molar-refractivity contribution in [1.29, 1.82) is 0 Å². The van der Waals surface area contributed by atoms with Gasteiger partial charge in [0.05, 0.1) is 29.9 Å². The van der Waals surface area contributed by atoms with Crippen LogP contribution in [0.4, 0.5) is 4.79 Å². The maximum Gasteiger partial charge on any atom is 0.416 e. The third kappa shape index (κ3) is 2.78. The number of aromatic nitrogens is 2. The molecule has 0 bridgehead atoms. The number of ether oxygens (including phenoxy) is 1. The average molecular weight is 282 g/mol. The molecular weight excluding hydrogens is 268 g/mol. The number of hydrogen-bond acceptors (Lipinski definition) is 3. The van der Waals surface area contributed by atoms with Gasteiger partial charge in [0.1, 0.15) is 0 Å². The number of carbonyl (C=O) groups is 1. The Bertz CT molecular complexity index is 766. The summed E-state index contributed by atoms with van der Waals surface area (Å²) in [5.41, 5.74) is 2.85. The number of hydrogen-bond donors (Lipinski definition) is 1. The van der Waals surface area contributed by atoms with E-state index in [1.54, 1.807) is 24.4 Å². The summed E-state index contributed by atoms with van der Waals surface area (Å²) in [6.45, 7) is 0.660. The minimum Gasteiger partial charge on any atom is -0.464 e. The van der Waals surface area contributed by atoms with Crippen LogP contribution in [-0.2, 0) is 18.0 Å². The Morgan fingerprint density at radius 2 is 1.95 bits per heavy atom. The topological polar surface area (TPSA) is 64.3 Å². The number of benzene rings is 1. The van der Waals surface area contributed by atoms with E-state index in [1.165, 1.54) is 4.57 Å². The molecule has 0 unspecified atom stereocenters. The fourth-order valence-electron chi connectivity index (χ4n) is 2.27. The number of pyridine rings is 1. The molecule has 0 atom stereocenters. The van der Waals surface area contributed by atoms with Gasteiger partial charge >= 0.3 is 6.09 Å². The summed E-state index contributed by atoms with van der Waals surface area (Å²) >= 11 is 0. The minimum atomic E-state index is -1.03. The second kappa shape index (κ2) is 5.76. The lowest BCUT2D eigenvalue weighted by Crippen LogP contribution is -2.12. The first-order valence-corrected chi connectivity index (χ1v) is 6.56. The molecule has 106 valence electrons. The van der Waals surface area contributed by atoms with Crippen molar-refractivity contribution in [3.05, 3.63) is 66.0 Å². The van der Waals surface area contributed by atoms with Gasteiger partial charge in [-0.25, -0.2) is 9.36 Å². The number of carboxylic acid groups (broad SMARTS) is 1. The molecule has 2 heterocycles. The molecule has 0 saturated carbocycles. The highest BCUT2D eigenvalue weighted by molar-refractivity contribution is 5.87. The first-order valence-electron chi connectivity index (χ1n) is 6.56. The SMILES string of the molecule is O=C(O)n1c(COCc2ccccc2)cc2ncccc21. The fraction of sp³-hybridized carbons (Fsp3) is 0.125. The number of fused-ring (bicyclic) bond motifs is 1. The zero-order chi connectivity index (χ0) is 14.7. The van der Waals surface area contributed by atoms with Gasteiger partial charge in [-0.05, 0) is 23.8 Å². The second-order valence-electron chi connectivity index (χ2n) is 4.64. The lowest BCUT2D eigenvalue weighted by Gasteiger charge is -2.06. The van der Waals surface area contributed by atoms with Gasteiger partial charge in [-0.3, -0.25) is 4.98 Å². The van der Waals surface area contributed by atoms with Crippen molar-refractivity contribution in [2.45, 2.75) is 13.2 Å². The van der Waals surface area contributed by atoms with Crippen LogP contribution >= 0.6 is 0 Å². The van der Waals surface area contributed by atoms with E-state index in [-0.39, 0.29) is 6.61 Å². The molecule has 0 aliphatic carbocycles. The summed E-state index contributed by atoms with van der Waals surface area (Å²) in [6.07, 6.45) is 0.611. The van der Waals surface area contributed by atoms with Crippen molar-refractivity contribution in [3.63, 3.8) is 0 Å². The molecular formula is C16H14N2O3. The Hall–Kier alpha value is -2.66. The van der Waals surface area contributed by atoms with Gasteiger partial charge < -0.3 is 9.84 Å². The maximum atomic E-state index is 11.4. The molecule has 1 N–H and O–H groups in total. The van der Waals surface area contributed by atoms with E-state index >= 15 is 0 Å². The average Bonchev–Trinajstić information content (AvgIpc) is 2.86. The molecule has 0 fully saturated rings. The summed E-state index contributed by atoms with van der Waals surface area (Å²) < 4.78 is 6.83. The normalized spacial score (nSPS) is 10.9. The minimum absolute atomic E-state index is 0.220. The zero-order valence-corrected chi connectivity index (χ0v) is 11.3. The zero-order valence-electron chi connectivity index (χ0n) is 11.3. The molecule has 0 saturated heterocycles. The molecule has 2 aromatic heterocycles. The van der Waals surface area contributed by atoms with Crippen molar-refractivity contribution < 1.29 is 14.6 Å². The summed E-state index contributed by atoms with van der Waals surface area (Å²) in [6, 6.07) is 15.0. The Labute approximate surface area is 121 Å². The van der Waals surface area contributed by atoms with E-state index < -0.39 is 6.09 Å². The van der Waals surface area contributed by atoms with Crippen LogP contribution in [0.3, 0.4) is 0 Å². The molecule has 1 aromatic carbocycles. The van der Waals surface area contributed by atoms with Crippen LogP contribution in [0.25, 0.3) is 11.0 Å². The quantitative estimate of drug-likeness (QED) is 0.797. The van der Waals surface area contributed by atoms with Gasteiger partial charge in [0, 0.05) is 6.20 Å². The third-order valence-corrected chi connectivity index (χ3v) is 3.20. The molecule has 5 heteroatoms. The largest absolute Gasteiger partial charge is 0.464 e. The van der Waals surface area contributed by atoms with Crippen LogP contribution in [0, 0.1) is 0 Å². The third-order valence-electron chi connectivity index (χ3n) is 3.20. The summed E-state index contributed by atoms with van der Waals surface area (Å²) in [5.74, 6) is 0. The molecule has 0 amide bonds. The fourth-order valence-corrected chi connectivity index (χ4v) is 2.27. The summed E-state index contributed by atoms with van der Waals surface area (Å²) in [4.78, 5) is 15.6. The maximum absolute atomic E-state index is 11.4. The van der Waals surface area contributed by atoms with E-state index in [0.29, 0.717) is 23.3 Å². The van der Waals surface area contributed by atoms with Crippen molar-refractivity contribution in [2.75, 3.05) is 0 Å². The molecule has 0 aliphatic rings. The van der Waals surface area contributed by atoms with Crippen LogP contribution in [0.15, 0.2) is 54.7 Å². The highest BCUT2D eigenvalue weighted by atomic mass is 16.5. The molecule has 0 spiro atoms. The van der Waals surface area contributed by atoms with Gasteiger partial charge in [-0.15, -0.1) is 0 Å². The highest BCUT2D eigenvalue weighted by Crippen LogP contribution is 2.18. The van der Waals surface area contributed by atoms with Crippen molar-refractivity contribution in [3.8, 4) is 0 Å². The van der Waals surface area contributed by atoms with Gasteiger partial charge in [-0.1, -0.05) is 30.3 Å². The first kappa shape index (κ1) is 13.3. The highest BCUT2D eigenvalue weighted by Gasteiger charge is 2.14. The lowest BCUT2D eigenvalue weighted by molar-refractivity contribution is 0.102. The van der Waals surface area contributed by atoms with Gasteiger partial charge in [-0.2, -0.15) is 0 Å². The first-order chi connectivity index (χ1) is 10.3. The Morgan fingerprint density at radius 1 is 1.14 bits per heavy atom. The standard InChI is InChI=1S/C16H14N2O3/c19-16(20)18-13(9-14-15(18)7-4-8-17-14)11-21-10-12-5-2-1-3-6-12/h1-9H,10-11H2,(H,19,20). The smallest absolute Gasteiger partial charge is 0.416 e. The van der Waals surface area contributed by atoms with Crippen LogP contribution in [-0.4, -0.2) is 20.8 Å². The van der Waals surface area contributed by atoms with E-state index in [0.717, 1.165) is 5.56 Å². The van der Waals surface area contributed by atoms with E-state index in [1.807, 2.05) is 30.3 Å². The summed E-state index contributed by atoms with van der Waals surface area (Å²) in [5, 5.41) is 9.35. The van der Waals surface area contributed by atoms with Crippen molar-refractivity contribution >= 4 is 17.1 Å². The lowest BCUT2D eigenvalue weighted by atomic mass is 10.2. The predicted molar refractivity (Wildman–Crippen MR) is 78.1 cm³/mol. The Kier molecular flexibility index (Phi) is 3.66. The van der Waals surface area contributed by atoms with Crippen LogP contribution in [0.5, 0.6) is 0 Å². The monoisotopic (exact) mass is 282 g/mol.